The van der Waals surface area contributed by atoms with E-state index in [0.29, 0.717) is 12.6 Å². The van der Waals surface area contributed by atoms with Crippen LogP contribution in [0.1, 0.15) is 51.9 Å². The molecule has 1 aromatic rings. The molecule has 0 atom stereocenters. The lowest BCUT2D eigenvalue weighted by Gasteiger charge is -2.34. The second-order valence-corrected chi connectivity index (χ2v) is 7.99. The summed E-state index contributed by atoms with van der Waals surface area (Å²) in [5.74, 6) is 0.859. The van der Waals surface area contributed by atoms with Gasteiger partial charge in [0, 0.05) is 30.9 Å². The average Bonchev–Trinajstić information content (AvgIpc) is 2.71. The monoisotopic (exact) mass is 404 g/mol. The quantitative estimate of drug-likeness (QED) is 0.650. The highest BCUT2D eigenvalue weighted by atomic mass is 32.1. The lowest BCUT2D eigenvalue weighted by molar-refractivity contribution is 0.219. The van der Waals surface area contributed by atoms with E-state index in [9.17, 15) is 4.79 Å². The first-order valence-electron chi connectivity index (χ1n) is 10.5. The van der Waals surface area contributed by atoms with Gasteiger partial charge in [0.05, 0.1) is 6.61 Å². The molecule has 1 aromatic carbocycles. The maximum Gasteiger partial charge on any atom is 0.315 e. The summed E-state index contributed by atoms with van der Waals surface area (Å²) in [7, 11) is 0. The molecule has 1 heterocycles. The predicted octanol–water partition coefficient (Wildman–Crippen LogP) is 3.88. The molecule has 0 bridgehead atoms. The van der Waals surface area contributed by atoms with Crippen LogP contribution in [0, 0.1) is 0 Å². The molecule has 0 radical (unpaired) electrons. The summed E-state index contributed by atoms with van der Waals surface area (Å²) in [6, 6.07) is 8.38. The molecule has 0 aromatic heterocycles. The number of amides is 2. The zero-order chi connectivity index (χ0) is 19.8. The van der Waals surface area contributed by atoms with Crippen molar-refractivity contribution < 1.29 is 9.53 Å². The van der Waals surface area contributed by atoms with Crippen LogP contribution in [0.4, 0.5) is 10.5 Å². The number of nitrogens with one attached hydrogen (secondary N) is 3. The van der Waals surface area contributed by atoms with Gasteiger partial charge in [0.25, 0.3) is 0 Å². The molecule has 0 spiro atoms. The molecule has 2 aliphatic rings. The molecule has 1 aliphatic carbocycles. The third-order valence-electron chi connectivity index (χ3n) is 5.47. The number of thiocarbonyl (C=S) groups is 1. The van der Waals surface area contributed by atoms with Crippen molar-refractivity contribution >= 4 is 29.0 Å². The van der Waals surface area contributed by atoms with Crippen LogP contribution >= 0.6 is 12.2 Å². The second kappa shape index (κ2) is 10.5. The first-order chi connectivity index (χ1) is 13.6. The van der Waals surface area contributed by atoms with E-state index in [1.807, 2.05) is 31.2 Å². The number of piperidine rings is 1. The van der Waals surface area contributed by atoms with Gasteiger partial charge < -0.3 is 25.6 Å². The Labute approximate surface area is 173 Å². The van der Waals surface area contributed by atoms with Gasteiger partial charge >= 0.3 is 6.03 Å². The van der Waals surface area contributed by atoms with Crippen LogP contribution in [0.2, 0.25) is 0 Å². The summed E-state index contributed by atoms with van der Waals surface area (Å²) in [4.78, 5) is 14.4. The molecular formula is C21H32N4O2S. The summed E-state index contributed by atoms with van der Waals surface area (Å²) >= 11 is 5.56. The van der Waals surface area contributed by atoms with E-state index in [1.54, 1.807) is 0 Å². The molecular weight excluding hydrogens is 372 g/mol. The van der Waals surface area contributed by atoms with E-state index in [0.717, 1.165) is 55.3 Å². The smallest absolute Gasteiger partial charge is 0.315 e. The minimum atomic E-state index is -0.0135. The number of carbonyl (C=O) groups is 1. The van der Waals surface area contributed by atoms with Crippen molar-refractivity contribution in [3.63, 3.8) is 0 Å². The normalized spacial score (nSPS) is 18.4. The summed E-state index contributed by atoms with van der Waals surface area (Å²) in [5.41, 5.74) is 0.959. The van der Waals surface area contributed by atoms with E-state index in [4.69, 9.17) is 17.0 Å². The number of benzene rings is 1. The highest BCUT2D eigenvalue weighted by molar-refractivity contribution is 7.80. The van der Waals surface area contributed by atoms with Crippen molar-refractivity contribution in [1.29, 1.82) is 0 Å². The van der Waals surface area contributed by atoms with Gasteiger partial charge in [-0.15, -0.1) is 0 Å². The first-order valence-corrected chi connectivity index (χ1v) is 10.9. The number of anilines is 1. The maximum atomic E-state index is 12.2. The largest absolute Gasteiger partial charge is 0.494 e. The summed E-state index contributed by atoms with van der Waals surface area (Å²) in [6.07, 6.45) is 7.77. The molecule has 154 valence electrons. The maximum absolute atomic E-state index is 12.2. The summed E-state index contributed by atoms with van der Waals surface area (Å²) in [6.45, 7) is 4.32. The highest BCUT2D eigenvalue weighted by Crippen LogP contribution is 2.19. The van der Waals surface area contributed by atoms with Crippen LogP contribution in [-0.4, -0.2) is 47.8 Å². The Hall–Kier alpha value is -2.02. The number of ether oxygens (including phenoxy) is 1. The summed E-state index contributed by atoms with van der Waals surface area (Å²) in [5, 5.41) is 10.3. The van der Waals surface area contributed by atoms with Gasteiger partial charge in [-0.05, 0) is 69.1 Å². The van der Waals surface area contributed by atoms with Gasteiger partial charge in [-0.2, -0.15) is 0 Å². The third kappa shape index (κ3) is 6.26. The molecule has 1 saturated heterocycles. The minimum Gasteiger partial charge on any atom is -0.494 e. The number of likely N-dealkylation sites (tertiary alicyclic amines) is 1. The third-order valence-corrected chi connectivity index (χ3v) is 5.83. The Morgan fingerprint density at radius 2 is 1.64 bits per heavy atom. The van der Waals surface area contributed by atoms with Crippen LogP contribution in [0.25, 0.3) is 0 Å². The average molecular weight is 405 g/mol. The molecule has 2 amide bonds. The Kier molecular flexibility index (Phi) is 7.77. The van der Waals surface area contributed by atoms with Gasteiger partial charge in [-0.3, -0.25) is 0 Å². The molecule has 6 nitrogen and oxygen atoms in total. The fourth-order valence-corrected chi connectivity index (χ4v) is 4.19. The number of hydrogen-bond acceptors (Lipinski definition) is 3. The number of nitrogens with zero attached hydrogens (tertiary/aromatic N) is 1. The molecule has 1 aliphatic heterocycles. The van der Waals surface area contributed by atoms with Gasteiger partial charge in [0.2, 0.25) is 0 Å². The molecule has 3 rings (SSSR count). The topological polar surface area (TPSA) is 65.6 Å². The Morgan fingerprint density at radius 3 is 2.25 bits per heavy atom. The van der Waals surface area contributed by atoms with E-state index < -0.39 is 0 Å². The van der Waals surface area contributed by atoms with Crippen molar-refractivity contribution in [3.8, 4) is 5.75 Å². The van der Waals surface area contributed by atoms with Crippen LogP contribution in [0.5, 0.6) is 5.75 Å². The van der Waals surface area contributed by atoms with Crippen molar-refractivity contribution in [2.75, 3.05) is 25.0 Å². The molecule has 1 saturated carbocycles. The van der Waals surface area contributed by atoms with Crippen molar-refractivity contribution in [3.05, 3.63) is 24.3 Å². The van der Waals surface area contributed by atoms with E-state index in [2.05, 4.69) is 20.9 Å². The zero-order valence-corrected chi connectivity index (χ0v) is 17.5. The lowest BCUT2D eigenvalue weighted by atomic mass is 9.96. The minimum absolute atomic E-state index is 0.0135. The number of hydrogen-bond donors (Lipinski definition) is 3. The van der Waals surface area contributed by atoms with E-state index >= 15 is 0 Å². The van der Waals surface area contributed by atoms with Gasteiger partial charge in [0.15, 0.2) is 5.11 Å². The fraction of sp³-hybridized carbons (Fsp3) is 0.619. The van der Waals surface area contributed by atoms with E-state index in [-0.39, 0.29) is 12.1 Å². The van der Waals surface area contributed by atoms with Crippen LogP contribution in [0.3, 0.4) is 0 Å². The van der Waals surface area contributed by atoms with Crippen LogP contribution in [0.15, 0.2) is 24.3 Å². The Bertz CT molecular complexity index is 638. The van der Waals surface area contributed by atoms with Crippen LogP contribution < -0.4 is 20.7 Å². The zero-order valence-electron chi connectivity index (χ0n) is 16.7. The predicted molar refractivity (Wildman–Crippen MR) is 117 cm³/mol. The van der Waals surface area contributed by atoms with Crippen molar-refractivity contribution in [2.24, 2.45) is 0 Å². The molecule has 2 fully saturated rings. The lowest BCUT2D eigenvalue weighted by Crippen LogP contribution is -2.51. The van der Waals surface area contributed by atoms with E-state index in [1.165, 1.54) is 19.3 Å². The molecule has 3 N–H and O–H groups in total. The van der Waals surface area contributed by atoms with Gasteiger partial charge in [-0.25, -0.2) is 4.79 Å². The fourth-order valence-electron chi connectivity index (χ4n) is 3.89. The number of urea groups is 1. The molecule has 28 heavy (non-hydrogen) atoms. The molecule has 0 unspecified atom stereocenters. The number of carbonyl (C=O) groups excluding carboxylic acids is 1. The van der Waals surface area contributed by atoms with Crippen molar-refractivity contribution in [1.82, 2.24) is 15.5 Å². The van der Waals surface area contributed by atoms with Crippen LogP contribution in [-0.2, 0) is 0 Å². The first kappa shape index (κ1) is 20.7. The second-order valence-electron chi connectivity index (χ2n) is 7.60. The van der Waals surface area contributed by atoms with Crippen molar-refractivity contribution in [2.45, 2.75) is 64.0 Å². The molecule has 7 heteroatoms. The standard InChI is InChI=1S/C21H32N4O2S/c1-2-27-19-10-8-17(9-11-19)24-21(28)25-14-12-18(13-15-25)23-20(26)22-16-6-4-3-5-7-16/h8-11,16,18H,2-7,12-15H2,1H3,(H,24,28)(H2,22,23,26). The Balaban J connectivity index is 1.38. The highest BCUT2D eigenvalue weighted by Gasteiger charge is 2.23. The van der Waals surface area contributed by atoms with Gasteiger partial charge in [-0.1, -0.05) is 19.3 Å². The SMILES string of the molecule is CCOc1ccc(NC(=S)N2CCC(NC(=O)NC3CCCCC3)CC2)cc1. The van der Waals surface area contributed by atoms with Gasteiger partial charge in [0.1, 0.15) is 5.75 Å². The Morgan fingerprint density at radius 1 is 1.04 bits per heavy atom. The summed E-state index contributed by atoms with van der Waals surface area (Å²) < 4.78 is 5.46. The number of rotatable bonds is 5.